The van der Waals surface area contributed by atoms with Crippen LogP contribution in [-0.2, 0) is 5.75 Å². The van der Waals surface area contributed by atoms with Gasteiger partial charge in [0, 0.05) is 11.6 Å². The number of carbonyl (C=O) groups is 1. The Morgan fingerprint density at radius 3 is 2.71 bits per heavy atom. The normalized spacial score (nSPS) is 14.9. The fourth-order valence-corrected chi connectivity index (χ4v) is 4.53. The van der Waals surface area contributed by atoms with E-state index in [1.807, 2.05) is 0 Å². The number of carbonyl (C=O) groups excluding carboxylic acids is 1. The standard InChI is InChI=1S/C18H18FN5O2S2/c19-12-6-8-13(9-7-12)20-15(25)17-23-21-14(28-17)10-27-18-24-22-16(26-18)11-4-2-1-3-5-11/h6-9,11H,1-5,10H2,(H,20,25). The van der Waals surface area contributed by atoms with Gasteiger partial charge in [-0.05, 0) is 37.1 Å². The topological polar surface area (TPSA) is 93.8 Å². The van der Waals surface area contributed by atoms with Crippen molar-refractivity contribution in [3.8, 4) is 0 Å². The van der Waals surface area contributed by atoms with Crippen molar-refractivity contribution in [2.45, 2.75) is 49.0 Å². The van der Waals surface area contributed by atoms with Crippen molar-refractivity contribution in [3.63, 3.8) is 0 Å². The first-order valence-electron chi connectivity index (χ1n) is 9.03. The van der Waals surface area contributed by atoms with Gasteiger partial charge in [0.2, 0.25) is 10.9 Å². The maximum atomic E-state index is 12.9. The molecular formula is C18H18FN5O2S2. The zero-order chi connectivity index (χ0) is 19.3. The number of amides is 1. The highest BCUT2D eigenvalue weighted by atomic mass is 32.2. The third kappa shape index (κ3) is 4.74. The fraction of sp³-hybridized carbons (Fsp3) is 0.389. The van der Waals surface area contributed by atoms with Crippen molar-refractivity contribution in [1.29, 1.82) is 0 Å². The average molecular weight is 420 g/mol. The van der Waals surface area contributed by atoms with Gasteiger partial charge in [0.05, 0.1) is 5.75 Å². The highest BCUT2D eigenvalue weighted by molar-refractivity contribution is 7.98. The Balaban J connectivity index is 1.31. The Kier molecular flexibility index (Phi) is 5.96. The molecule has 10 heteroatoms. The lowest BCUT2D eigenvalue weighted by atomic mass is 9.89. The Bertz CT molecular complexity index is 938. The number of hydrogen-bond acceptors (Lipinski definition) is 8. The lowest BCUT2D eigenvalue weighted by Gasteiger charge is -2.17. The molecule has 0 aliphatic heterocycles. The van der Waals surface area contributed by atoms with E-state index in [9.17, 15) is 9.18 Å². The molecule has 3 aromatic rings. The van der Waals surface area contributed by atoms with Crippen LogP contribution in [-0.4, -0.2) is 26.3 Å². The summed E-state index contributed by atoms with van der Waals surface area (Å²) in [6, 6.07) is 5.54. The first-order chi connectivity index (χ1) is 13.7. The van der Waals surface area contributed by atoms with Gasteiger partial charge in [-0.15, -0.1) is 20.4 Å². The second-order valence-corrected chi connectivity index (χ2v) is 8.48. The summed E-state index contributed by atoms with van der Waals surface area (Å²) < 4.78 is 18.7. The molecule has 0 unspecified atom stereocenters. The molecule has 1 fully saturated rings. The molecule has 0 spiro atoms. The minimum Gasteiger partial charge on any atom is -0.416 e. The molecule has 1 aliphatic carbocycles. The number of thioether (sulfide) groups is 1. The lowest BCUT2D eigenvalue weighted by molar-refractivity contribution is 0.102. The number of halogens is 1. The van der Waals surface area contributed by atoms with Crippen LogP contribution in [0.25, 0.3) is 0 Å². The summed E-state index contributed by atoms with van der Waals surface area (Å²) in [6.45, 7) is 0. The van der Waals surface area contributed by atoms with Gasteiger partial charge in [0.25, 0.3) is 11.1 Å². The van der Waals surface area contributed by atoms with Gasteiger partial charge in [-0.3, -0.25) is 4.79 Å². The Morgan fingerprint density at radius 2 is 1.93 bits per heavy atom. The van der Waals surface area contributed by atoms with E-state index in [0.717, 1.165) is 18.7 Å². The third-order valence-corrected chi connectivity index (χ3v) is 6.39. The molecule has 0 saturated heterocycles. The van der Waals surface area contributed by atoms with Crippen molar-refractivity contribution in [2.24, 2.45) is 0 Å². The molecule has 1 saturated carbocycles. The van der Waals surface area contributed by atoms with E-state index < -0.39 is 0 Å². The van der Waals surface area contributed by atoms with Gasteiger partial charge < -0.3 is 9.73 Å². The van der Waals surface area contributed by atoms with Crippen molar-refractivity contribution in [2.75, 3.05) is 5.32 Å². The van der Waals surface area contributed by atoms with E-state index in [0.29, 0.717) is 27.6 Å². The summed E-state index contributed by atoms with van der Waals surface area (Å²) in [5.41, 5.74) is 0.499. The molecule has 1 aromatic carbocycles. The third-order valence-electron chi connectivity index (χ3n) is 4.46. The van der Waals surface area contributed by atoms with Crippen LogP contribution in [0.4, 0.5) is 10.1 Å². The first-order valence-corrected chi connectivity index (χ1v) is 10.8. The van der Waals surface area contributed by atoms with E-state index in [1.165, 1.54) is 66.6 Å². The molecular weight excluding hydrogens is 401 g/mol. The van der Waals surface area contributed by atoms with Crippen molar-refractivity contribution >= 4 is 34.7 Å². The zero-order valence-corrected chi connectivity index (χ0v) is 16.6. The number of rotatable bonds is 6. The summed E-state index contributed by atoms with van der Waals surface area (Å²) in [5, 5.41) is 20.4. The predicted molar refractivity (Wildman–Crippen MR) is 104 cm³/mol. The Morgan fingerprint density at radius 1 is 1.14 bits per heavy atom. The predicted octanol–water partition coefficient (Wildman–Crippen LogP) is 4.65. The lowest BCUT2D eigenvalue weighted by Crippen LogP contribution is -2.11. The molecule has 146 valence electrons. The van der Waals surface area contributed by atoms with E-state index in [1.54, 1.807) is 0 Å². The first kappa shape index (κ1) is 19.0. The monoisotopic (exact) mass is 419 g/mol. The van der Waals surface area contributed by atoms with Crippen molar-refractivity contribution in [3.05, 3.63) is 46.0 Å². The Hall–Kier alpha value is -2.33. The highest BCUT2D eigenvalue weighted by Crippen LogP contribution is 2.33. The molecule has 2 aromatic heterocycles. The van der Waals surface area contributed by atoms with Crippen LogP contribution >= 0.6 is 23.1 Å². The van der Waals surface area contributed by atoms with E-state index >= 15 is 0 Å². The molecule has 1 amide bonds. The Labute approximate surface area is 169 Å². The van der Waals surface area contributed by atoms with Crippen LogP contribution in [0, 0.1) is 5.82 Å². The maximum absolute atomic E-state index is 12.9. The summed E-state index contributed by atoms with van der Waals surface area (Å²) in [6.07, 6.45) is 5.91. The number of aromatic nitrogens is 4. The second-order valence-electron chi connectivity index (χ2n) is 6.49. The van der Waals surface area contributed by atoms with E-state index in [4.69, 9.17) is 4.42 Å². The maximum Gasteiger partial charge on any atom is 0.286 e. The molecule has 0 atom stereocenters. The molecule has 0 radical (unpaired) electrons. The quantitative estimate of drug-likeness (QED) is 0.581. The number of nitrogens with zero attached hydrogens (tertiary/aromatic N) is 4. The number of benzene rings is 1. The molecule has 2 heterocycles. The molecule has 1 aliphatic rings. The molecule has 4 rings (SSSR count). The molecule has 7 nitrogen and oxygen atoms in total. The van der Waals surface area contributed by atoms with Crippen molar-refractivity contribution in [1.82, 2.24) is 20.4 Å². The molecule has 0 bridgehead atoms. The summed E-state index contributed by atoms with van der Waals surface area (Å²) in [4.78, 5) is 12.2. The minimum atomic E-state index is -0.377. The van der Waals surface area contributed by atoms with Gasteiger partial charge >= 0.3 is 0 Å². The van der Waals surface area contributed by atoms with Gasteiger partial charge in [0.1, 0.15) is 10.8 Å². The fourth-order valence-electron chi connectivity index (χ4n) is 3.04. The van der Waals surface area contributed by atoms with Crippen LogP contribution in [0.1, 0.15) is 58.7 Å². The van der Waals surface area contributed by atoms with Crippen LogP contribution < -0.4 is 5.32 Å². The van der Waals surface area contributed by atoms with Crippen LogP contribution in [0.5, 0.6) is 0 Å². The molecule has 28 heavy (non-hydrogen) atoms. The largest absolute Gasteiger partial charge is 0.416 e. The second kappa shape index (κ2) is 8.78. The van der Waals surface area contributed by atoms with Crippen LogP contribution in [0.3, 0.4) is 0 Å². The minimum absolute atomic E-state index is 0.244. The number of hydrogen-bond donors (Lipinski definition) is 1. The average Bonchev–Trinajstić information content (AvgIpc) is 3.38. The summed E-state index contributed by atoms with van der Waals surface area (Å²) in [7, 11) is 0. The smallest absolute Gasteiger partial charge is 0.286 e. The van der Waals surface area contributed by atoms with Gasteiger partial charge in [-0.1, -0.05) is 42.4 Å². The summed E-state index contributed by atoms with van der Waals surface area (Å²) >= 11 is 2.58. The van der Waals surface area contributed by atoms with E-state index in [-0.39, 0.29) is 16.7 Å². The number of anilines is 1. The SMILES string of the molecule is O=C(Nc1ccc(F)cc1)c1nnc(CSc2nnc(C3CCCCC3)o2)s1. The molecule has 1 N–H and O–H groups in total. The number of nitrogens with one attached hydrogen (secondary N) is 1. The van der Waals surface area contributed by atoms with Crippen LogP contribution in [0.2, 0.25) is 0 Å². The summed E-state index contributed by atoms with van der Waals surface area (Å²) in [5.74, 6) is 0.852. The van der Waals surface area contributed by atoms with Gasteiger partial charge in [-0.25, -0.2) is 4.39 Å². The highest BCUT2D eigenvalue weighted by Gasteiger charge is 2.21. The van der Waals surface area contributed by atoms with Gasteiger partial charge in [0.15, 0.2) is 0 Å². The van der Waals surface area contributed by atoms with E-state index in [2.05, 4.69) is 25.7 Å². The zero-order valence-electron chi connectivity index (χ0n) is 14.9. The van der Waals surface area contributed by atoms with Crippen LogP contribution in [0.15, 0.2) is 33.9 Å². The van der Waals surface area contributed by atoms with Gasteiger partial charge in [-0.2, -0.15) is 0 Å². The van der Waals surface area contributed by atoms with Crippen molar-refractivity contribution < 1.29 is 13.6 Å².